The van der Waals surface area contributed by atoms with Crippen LogP contribution in [0.2, 0.25) is 0 Å². The van der Waals surface area contributed by atoms with Gasteiger partial charge in [0.05, 0.1) is 5.56 Å². The normalized spacial score (nSPS) is 17.3. The van der Waals surface area contributed by atoms with E-state index in [1.54, 1.807) is 0 Å². The molecule has 1 aromatic carbocycles. The van der Waals surface area contributed by atoms with E-state index >= 15 is 0 Å². The molecule has 6 heteroatoms. The van der Waals surface area contributed by atoms with Gasteiger partial charge >= 0.3 is 5.97 Å². The number of phenols is 1. The molecule has 0 bridgehead atoms. The van der Waals surface area contributed by atoms with E-state index in [2.05, 4.69) is 0 Å². The summed E-state index contributed by atoms with van der Waals surface area (Å²) >= 11 is 0. The van der Waals surface area contributed by atoms with Gasteiger partial charge in [-0.3, -0.25) is 0 Å². The molecule has 4 nitrogen and oxygen atoms in total. The SMILES string of the molecule is Cl.N[C@H](c1cc(C(=O)O)cc(F)c1O)C1CCCCC1. The largest absolute Gasteiger partial charge is 0.505 e. The number of carbonyl (C=O) groups is 1. The first-order chi connectivity index (χ1) is 9.00. The van der Waals surface area contributed by atoms with Crippen LogP contribution < -0.4 is 5.73 Å². The number of hydrogen-bond acceptors (Lipinski definition) is 3. The van der Waals surface area contributed by atoms with Gasteiger partial charge in [0.1, 0.15) is 0 Å². The molecule has 0 amide bonds. The predicted molar refractivity (Wildman–Crippen MR) is 75.8 cm³/mol. The van der Waals surface area contributed by atoms with Crippen molar-refractivity contribution in [2.45, 2.75) is 38.1 Å². The number of aromatic carboxylic acids is 1. The lowest BCUT2D eigenvalue weighted by Crippen LogP contribution is -2.24. The van der Waals surface area contributed by atoms with Gasteiger partial charge in [0.25, 0.3) is 0 Å². The maximum absolute atomic E-state index is 13.6. The lowest BCUT2D eigenvalue weighted by atomic mass is 9.81. The van der Waals surface area contributed by atoms with E-state index in [1.807, 2.05) is 0 Å². The van der Waals surface area contributed by atoms with Crippen LogP contribution in [0.3, 0.4) is 0 Å². The van der Waals surface area contributed by atoms with E-state index in [-0.39, 0.29) is 29.5 Å². The third-order valence-corrected chi connectivity index (χ3v) is 3.86. The zero-order valence-electron chi connectivity index (χ0n) is 11.0. The molecule has 0 saturated heterocycles. The zero-order chi connectivity index (χ0) is 14.0. The topological polar surface area (TPSA) is 83.6 Å². The minimum atomic E-state index is -1.23. The summed E-state index contributed by atoms with van der Waals surface area (Å²) in [5, 5.41) is 18.7. The van der Waals surface area contributed by atoms with E-state index in [0.29, 0.717) is 0 Å². The van der Waals surface area contributed by atoms with Gasteiger partial charge < -0.3 is 15.9 Å². The summed E-state index contributed by atoms with van der Waals surface area (Å²) in [5.41, 5.74) is 6.10. The maximum Gasteiger partial charge on any atom is 0.335 e. The Morgan fingerprint density at radius 1 is 1.30 bits per heavy atom. The molecular formula is C14H19ClFNO3. The highest BCUT2D eigenvalue weighted by atomic mass is 35.5. The number of halogens is 2. The highest BCUT2D eigenvalue weighted by Crippen LogP contribution is 2.37. The van der Waals surface area contributed by atoms with Crippen molar-refractivity contribution >= 4 is 18.4 Å². The molecule has 0 unspecified atom stereocenters. The van der Waals surface area contributed by atoms with Gasteiger partial charge in [-0.05, 0) is 30.9 Å². The molecule has 1 aliphatic carbocycles. The quantitative estimate of drug-likeness (QED) is 0.800. The van der Waals surface area contributed by atoms with Gasteiger partial charge in [0, 0.05) is 11.6 Å². The fourth-order valence-corrected chi connectivity index (χ4v) is 2.75. The van der Waals surface area contributed by atoms with Crippen LogP contribution in [0, 0.1) is 11.7 Å². The van der Waals surface area contributed by atoms with Crippen LogP contribution in [0.4, 0.5) is 4.39 Å². The molecular weight excluding hydrogens is 285 g/mol. The number of rotatable bonds is 3. The Bertz CT molecular complexity index is 490. The monoisotopic (exact) mass is 303 g/mol. The van der Waals surface area contributed by atoms with Crippen molar-refractivity contribution in [2.24, 2.45) is 11.7 Å². The Balaban J connectivity index is 0.00000200. The molecule has 20 heavy (non-hydrogen) atoms. The number of benzene rings is 1. The second-order valence-corrected chi connectivity index (χ2v) is 5.12. The smallest absolute Gasteiger partial charge is 0.335 e. The van der Waals surface area contributed by atoms with Crippen LogP contribution >= 0.6 is 12.4 Å². The molecule has 0 aromatic heterocycles. The molecule has 0 spiro atoms. The van der Waals surface area contributed by atoms with Crippen molar-refractivity contribution in [3.05, 3.63) is 29.1 Å². The van der Waals surface area contributed by atoms with Crippen molar-refractivity contribution in [1.29, 1.82) is 0 Å². The van der Waals surface area contributed by atoms with Crippen LogP contribution in [-0.2, 0) is 0 Å². The molecule has 1 aromatic rings. The summed E-state index contributed by atoms with van der Waals surface area (Å²) in [6.45, 7) is 0. The molecule has 0 radical (unpaired) electrons. The number of hydrogen-bond donors (Lipinski definition) is 3. The Labute approximate surface area is 123 Å². The predicted octanol–water partition coefficient (Wildman–Crippen LogP) is 3.23. The standard InChI is InChI=1S/C14H18FNO3.ClH/c15-11-7-9(14(18)19)6-10(13(11)17)12(16)8-4-2-1-3-5-8;/h6-8,12,17H,1-5,16H2,(H,18,19);1H/t12-;/m0./s1. The van der Waals surface area contributed by atoms with Crippen LogP contribution in [0.15, 0.2) is 12.1 Å². The highest BCUT2D eigenvalue weighted by molar-refractivity contribution is 5.88. The van der Waals surface area contributed by atoms with Crippen molar-refractivity contribution in [2.75, 3.05) is 0 Å². The first-order valence-electron chi connectivity index (χ1n) is 6.52. The Kier molecular flexibility index (Phi) is 5.77. The second kappa shape index (κ2) is 6.90. The fraction of sp³-hybridized carbons (Fsp3) is 0.500. The Morgan fingerprint density at radius 2 is 1.90 bits per heavy atom. The third kappa shape index (κ3) is 3.41. The van der Waals surface area contributed by atoms with E-state index in [1.165, 1.54) is 12.5 Å². The lowest BCUT2D eigenvalue weighted by Gasteiger charge is -2.28. The molecule has 1 atom stereocenters. The first-order valence-corrected chi connectivity index (χ1v) is 6.52. The molecule has 112 valence electrons. The summed E-state index contributed by atoms with van der Waals surface area (Å²) in [6.07, 6.45) is 5.16. The molecule has 1 fully saturated rings. The number of aromatic hydroxyl groups is 1. The van der Waals surface area contributed by atoms with Crippen molar-refractivity contribution in [3.63, 3.8) is 0 Å². The van der Waals surface area contributed by atoms with Crippen molar-refractivity contribution < 1.29 is 19.4 Å². The summed E-state index contributed by atoms with van der Waals surface area (Å²) in [6, 6.07) is 1.57. The molecule has 2 rings (SSSR count). The lowest BCUT2D eigenvalue weighted by molar-refractivity contribution is 0.0696. The van der Waals surface area contributed by atoms with E-state index < -0.39 is 23.6 Å². The van der Waals surface area contributed by atoms with Gasteiger partial charge in [-0.1, -0.05) is 19.3 Å². The molecule has 0 aliphatic heterocycles. The second-order valence-electron chi connectivity index (χ2n) is 5.12. The van der Waals surface area contributed by atoms with Crippen LogP contribution in [0.5, 0.6) is 5.75 Å². The average Bonchev–Trinajstić information content (AvgIpc) is 2.41. The van der Waals surface area contributed by atoms with E-state index in [4.69, 9.17) is 10.8 Å². The number of phenolic OH excluding ortho intramolecular Hbond substituents is 1. The van der Waals surface area contributed by atoms with Crippen LogP contribution in [0.25, 0.3) is 0 Å². The maximum atomic E-state index is 13.6. The molecule has 4 N–H and O–H groups in total. The zero-order valence-corrected chi connectivity index (χ0v) is 11.8. The number of nitrogens with two attached hydrogens (primary N) is 1. The van der Waals surface area contributed by atoms with Gasteiger partial charge in [0.15, 0.2) is 11.6 Å². The van der Waals surface area contributed by atoms with Crippen molar-refractivity contribution in [3.8, 4) is 5.75 Å². The molecule has 1 saturated carbocycles. The van der Waals surface area contributed by atoms with Crippen LogP contribution in [0.1, 0.15) is 54.1 Å². The van der Waals surface area contributed by atoms with Gasteiger partial charge in [-0.15, -0.1) is 12.4 Å². The minimum Gasteiger partial charge on any atom is -0.505 e. The summed E-state index contributed by atoms with van der Waals surface area (Å²) in [7, 11) is 0. The Hall–Kier alpha value is -1.33. The number of carboxylic acid groups (broad SMARTS) is 1. The van der Waals surface area contributed by atoms with E-state index in [0.717, 1.165) is 31.7 Å². The Morgan fingerprint density at radius 3 is 2.45 bits per heavy atom. The molecule has 0 heterocycles. The average molecular weight is 304 g/mol. The van der Waals surface area contributed by atoms with Crippen LogP contribution in [-0.4, -0.2) is 16.2 Å². The van der Waals surface area contributed by atoms with Gasteiger partial charge in [0.2, 0.25) is 0 Å². The first kappa shape index (κ1) is 16.7. The minimum absolute atomic E-state index is 0. The fourth-order valence-electron chi connectivity index (χ4n) is 2.75. The van der Waals surface area contributed by atoms with Gasteiger partial charge in [-0.25, -0.2) is 9.18 Å². The highest BCUT2D eigenvalue weighted by Gasteiger charge is 2.26. The molecule has 1 aliphatic rings. The summed E-state index contributed by atoms with van der Waals surface area (Å²) in [4.78, 5) is 10.9. The van der Waals surface area contributed by atoms with Gasteiger partial charge in [-0.2, -0.15) is 0 Å². The van der Waals surface area contributed by atoms with Crippen molar-refractivity contribution in [1.82, 2.24) is 0 Å². The third-order valence-electron chi connectivity index (χ3n) is 3.86. The summed E-state index contributed by atoms with van der Waals surface area (Å²) in [5.74, 6) is -2.51. The van der Waals surface area contributed by atoms with E-state index in [9.17, 15) is 14.3 Å². The summed E-state index contributed by atoms with van der Waals surface area (Å²) < 4.78 is 13.6. The number of carboxylic acids is 1.